The van der Waals surface area contributed by atoms with Gasteiger partial charge in [-0.2, -0.15) is 4.98 Å². The maximum Gasteiger partial charge on any atom is 0.573 e. The van der Waals surface area contributed by atoms with Gasteiger partial charge in [-0.1, -0.05) is 24.2 Å². The van der Waals surface area contributed by atoms with E-state index in [0.717, 1.165) is 5.56 Å². The summed E-state index contributed by atoms with van der Waals surface area (Å²) in [5, 5.41) is 3.97. The zero-order chi connectivity index (χ0) is 22.7. The van der Waals surface area contributed by atoms with Gasteiger partial charge in [0.25, 0.3) is 0 Å². The Labute approximate surface area is 183 Å². The van der Waals surface area contributed by atoms with E-state index < -0.39 is 6.36 Å². The third kappa shape index (κ3) is 5.32. The van der Waals surface area contributed by atoms with Crippen LogP contribution in [0.1, 0.15) is 42.5 Å². The Kier molecular flexibility index (Phi) is 6.54. The number of aromatic nitrogens is 2. The summed E-state index contributed by atoms with van der Waals surface area (Å²) in [6.07, 6.45) is -3.47. The highest BCUT2D eigenvalue weighted by atomic mass is 19.4. The van der Waals surface area contributed by atoms with Gasteiger partial charge in [-0.25, -0.2) is 4.79 Å². The minimum absolute atomic E-state index is 0.0877. The summed E-state index contributed by atoms with van der Waals surface area (Å²) >= 11 is 0. The van der Waals surface area contributed by atoms with Crippen molar-refractivity contribution < 1.29 is 32.0 Å². The summed E-state index contributed by atoms with van der Waals surface area (Å²) in [6.45, 7) is 4.85. The summed E-state index contributed by atoms with van der Waals surface area (Å²) in [6, 6.07) is 5.72. The summed E-state index contributed by atoms with van der Waals surface area (Å²) in [7, 11) is 0. The lowest BCUT2D eigenvalue weighted by Gasteiger charge is -2.40. The zero-order valence-electron chi connectivity index (χ0n) is 17.7. The van der Waals surface area contributed by atoms with Crippen molar-refractivity contribution in [2.75, 3.05) is 39.4 Å². The number of piperidine rings is 1. The number of alkyl halides is 3. The fourth-order valence-electron chi connectivity index (χ4n) is 4.15. The molecule has 2 aromatic rings. The molecule has 32 heavy (non-hydrogen) atoms. The Morgan fingerprint density at radius 1 is 1.12 bits per heavy atom. The van der Waals surface area contributed by atoms with Crippen LogP contribution in [0.4, 0.5) is 18.0 Å². The van der Waals surface area contributed by atoms with Gasteiger partial charge in [0.15, 0.2) is 5.82 Å². The molecular weight excluding hydrogens is 429 g/mol. The Morgan fingerprint density at radius 2 is 1.81 bits per heavy atom. The molecule has 8 nitrogen and oxygen atoms in total. The van der Waals surface area contributed by atoms with Crippen LogP contribution in [-0.4, -0.2) is 71.7 Å². The number of carbonyl (C=O) groups is 1. The average molecular weight is 454 g/mol. The highest BCUT2D eigenvalue weighted by Gasteiger charge is 2.37. The first kappa shape index (κ1) is 22.4. The molecule has 4 rings (SSSR count). The topological polar surface area (TPSA) is 80.9 Å². The summed E-state index contributed by atoms with van der Waals surface area (Å²) in [5.74, 6) is 0.526. The predicted octanol–water partition coefficient (Wildman–Crippen LogP) is 3.56. The second-order valence-corrected chi connectivity index (χ2v) is 7.94. The SMILES string of the molecule is CCc1noc(C2CC(c3ccc(OC(F)(F)F)cc3)CN(C(=O)N3CCOCC3)C2)n1. The number of hydrogen-bond donors (Lipinski definition) is 0. The minimum atomic E-state index is -4.74. The molecule has 2 aliphatic rings. The molecule has 11 heteroatoms. The van der Waals surface area contributed by atoms with E-state index in [1.807, 2.05) is 6.92 Å². The van der Waals surface area contributed by atoms with Crippen LogP contribution >= 0.6 is 0 Å². The van der Waals surface area contributed by atoms with E-state index in [1.54, 1.807) is 21.9 Å². The van der Waals surface area contributed by atoms with Crippen LogP contribution in [0.2, 0.25) is 0 Å². The molecule has 2 amide bonds. The molecule has 0 saturated carbocycles. The van der Waals surface area contributed by atoms with E-state index in [1.165, 1.54) is 12.1 Å². The van der Waals surface area contributed by atoms with Crippen molar-refractivity contribution in [2.24, 2.45) is 0 Å². The van der Waals surface area contributed by atoms with Gasteiger partial charge in [0, 0.05) is 38.5 Å². The average Bonchev–Trinajstić information content (AvgIpc) is 3.28. The van der Waals surface area contributed by atoms with E-state index in [-0.39, 0.29) is 23.6 Å². The standard InChI is InChI=1S/C21H25F3N4O4/c1-2-18-25-19(32-26-18)16-11-15(14-3-5-17(6-4-14)31-21(22,23)24)12-28(13-16)20(29)27-7-9-30-10-8-27/h3-6,15-16H,2,7-13H2,1H3. The molecule has 2 atom stereocenters. The number of aryl methyl sites for hydroxylation is 1. The molecule has 0 aliphatic carbocycles. The van der Waals surface area contributed by atoms with Gasteiger partial charge < -0.3 is 23.8 Å². The van der Waals surface area contributed by atoms with Crippen LogP contribution in [0, 0.1) is 0 Å². The van der Waals surface area contributed by atoms with Gasteiger partial charge in [0.1, 0.15) is 5.75 Å². The number of ether oxygens (including phenoxy) is 2. The van der Waals surface area contributed by atoms with Crippen molar-refractivity contribution in [1.82, 2.24) is 19.9 Å². The van der Waals surface area contributed by atoms with Gasteiger partial charge in [0.05, 0.1) is 19.1 Å². The number of nitrogens with zero attached hydrogens (tertiary/aromatic N) is 4. The number of halogens is 3. The molecule has 0 spiro atoms. The largest absolute Gasteiger partial charge is 0.573 e. The predicted molar refractivity (Wildman–Crippen MR) is 106 cm³/mol. The van der Waals surface area contributed by atoms with E-state index in [4.69, 9.17) is 9.26 Å². The lowest BCUT2D eigenvalue weighted by atomic mass is 9.84. The fraction of sp³-hybridized carbons (Fsp3) is 0.571. The summed E-state index contributed by atoms with van der Waals surface area (Å²) in [5.41, 5.74) is 0.819. The molecule has 3 heterocycles. The van der Waals surface area contributed by atoms with Gasteiger partial charge in [0.2, 0.25) is 5.89 Å². The highest BCUT2D eigenvalue weighted by Crippen LogP contribution is 2.36. The van der Waals surface area contributed by atoms with E-state index in [2.05, 4.69) is 14.9 Å². The third-order valence-electron chi connectivity index (χ3n) is 5.74. The number of carbonyl (C=O) groups excluding carboxylic acids is 1. The smallest absolute Gasteiger partial charge is 0.406 e. The number of amides is 2. The molecule has 2 unspecified atom stereocenters. The van der Waals surface area contributed by atoms with E-state index >= 15 is 0 Å². The van der Waals surface area contributed by atoms with Crippen LogP contribution in [0.5, 0.6) is 5.75 Å². The Bertz CT molecular complexity index is 913. The van der Waals surface area contributed by atoms with Crippen LogP contribution in [0.25, 0.3) is 0 Å². The Hall–Kier alpha value is -2.82. The molecule has 2 aliphatic heterocycles. The lowest BCUT2D eigenvalue weighted by Crippen LogP contribution is -2.52. The Morgan fingerprint density at radius 3 is 2.44 bits per heavy atom. The molecule has 0 N–H and O–H groups in total. The third-order valence-corrected chi connectivity index (χ3v) is 5.74. The first-order valence-corrected chi connectivity index (χ1v) is 10.6. The van der Waals surface area contributed by atoms with Crippen molar-refractivity contribution >= 4 is 6.03 Å². The highest BCUT2D eigenvalue weighted by molar-refractivity contribution is 5.75. The number of morpholine rings is 1. The van der Waals surface area contributed by atoms with E-state index in [9.17, 15) is 18.0 Å². The zero-order valence-corrected chi connectivity index (χ0v) is 17.7. The van der Waals surface area contributed by atoms with Crippen molar-refractivity contribution in [2.45, 2.75) is 38.0 Å². The quantitative estimate of drug-likeness (QED) is 0.703. The van der Waals surface area contributed by atoms with Crippen molar-refractivity contribution in [1.29, 1.82) is 0 Å². The number of likely N-dealkylation sites (tertiary alicyclic amines) is 1. The monoisotopic (exact) mass is 454 g/mol. The second kappa shape index (κ2) is 9.35. The van der Waals surface area contributed by atoms with Crippen LogP contribution < -0.4 is 4.74 Å². The van der Waals surface area contributed by atoms with Crippen molar-refractivity contribution in [3.05, 3.63) is 41.5 Å². The van der Waals surface area contributed by atoms with Crippen LogP contribution in [-0.2, 0) is 11.2 Å². The number of hydrogen-bond acceptors (Lipinski definition) is 6. The Balaban J connectivity index is 1.55. The molecule has 1 aromatic heterocycles. The normalized spacial score (nSPS) is 22.1. The molecular formula is C21H25F3N4O4. The van der Waals surface area contributed by atoms with Gasteiger partial charge in [-0.05, 0) is 24.1 Å². The van der Waals surface area contributed by atoms with E-state index in [0.29, 0.717) is 63.9 Å². The summed E-state index contributed by atoms with van der Waals surface area (Å²) < 4.78 is 52.2. The number of rotatable bonds is 4. The van der Waals surface area contributed by atoms with Crippen LogP contribution in [0.15, 0.2) is 28.8 Å². The maximum absolute atomic E-state index is 13.2. The molecule has 2 saturated heterocycles. The maximum atomic E-state index is 13.2. The number of urea groups is 1. The minimum Gasteiger partial charge on any atom is -0.406 e. The van der Waals surface area contributed by atoms with Crippen molar-refractivity contribution in [3.8, 4) is 5.75 Å². The second-order valence-electron chi connectivity index (χ2n) is 7.94. The first-order chi connectivity index (χ1) is 15.3. The van der Waals surface area contributed by atoms with Gasteiger partial charge in [-0.15, -0.1) is 13.2 Å². The van der Waals surface area contributed by atoms with Gasteiger partial charge >= 0.3 is 12.4 Å². The van der Waals surface area contributed by atoms with Crippen LogP contribution in [0.3, 0.4) is 0 Å². The lowest BCUT2D eigenvalue weighted by molar-refractivity contribution is -0.274. The molecule has 1 aromatic carbocycles. The molecule has 2 fully saturated rings. The first-order valence-electron chi connectivity index (χ1n) is 10.6. The van der Waals surface area contributed by atoms with Gasteiger partial charge in [-0.3, -0.25) is 0 Å². The fourth-order valence-corrected chi connectivity index (χ4v) is 4.15. The molecule has 0 radical (unpaired) electrons. The molecule has 174 valence electrons. The summed E-state index contributed by atoms with van der Waals surface area (Å²) in [4.78, 5) is 21.1. The molecule has 0 bridgehead atoms. The van der Waals surface area contributed by atoms with Crippen molar-refractivity contribution in [3.63, 3.8) is 0 Å². The number of benzene rings is 1.